The molecule has 0 saturated carbocycles. The number of benzene rings is 3. The van der Waals surface area contributed by atoms with Gasteiger partial charge < -0.3 is 9.47 Å². The van der Waals surface area contributed by atoms with Gasteiger partial charge in [0.15, 0.2) is 5.13 Å². The summed E-state index contributed by atoms with van der Waals surface area (Å²) in [4.78, 5) is 17.3. The molecule has 0 atom stereocenters. The molecule has 1 N–H and O–H groups in total. The predicted molar refractivity (Wildman–Crippen MR) is 110 cm³/mol. The fourth-order valence-corrected chi connectivity index (χ4v) is 4.05. The Kier molecular flexibility index (Phi) is 4.59. The van der Waals surface area contributed by atoms with Crippen LogP contribution in [0.3, 0.4) is 0 Å². The van der Waals surface area contributed by atoms with Gasteiger partial charge in [0.1, 0.15) is 17.0 Å². The minimum Gasteiger partial charge on any atom is -0.496 e. The molecule has 1 aromatic heterocycles. The van der Waals surface area contributed by atoms with E-state index in [1.54, 1.807) is 26.4 Å². The van der Waals surface area contributed by atoms with Gasteiger partial charge in [-0.15, -0.1) is 0 Å². The van der Waals surface area contributed by atoms with Gasteiger partial charge in [-0.2, -0.15) is 0 Å². The first-order chi connectivity index (χ1) is 13.1. The summed E-state index contributed by atoms with van der Waals surface area (Å²) in [5, 5.41) is 5.80. The van der Waals surface area contributed by atoms with Crippen LogP contribution in [0.5, 0.6) is 11.5 Å². The number of anilines is 1. The lowest BCUT2D eigenvalue weighted by molar-refractivity contribution is 0.102. The van der Waals surface area contributed by atoms with Crippen LogP contribution < -0.4 is 14.8 Å². The summed E-state index contributed by atoms with van der Waals surface area (Å²) in [6.07, 6.45) is 0. The van der Waals surface area contributed by atoms with Gasteiger partial charge in [0, 0.05) is 0 Å². The standard InChI is InChI=1S/C20H15ClN2O3S/c1-25-15-8-7-14(21)18-17(15)22-20(27-18)23-19(24)13-9-11-5-3-4-6-12(11)10-16(13)26-2/h3-10H,1-2H3,(H,22,23,24). The topological polar surface area (TPSA) is 60.5 Å². The molecule has 5 nitrogen and oxygen atoms in total. The molecule has 0 aliphatic rings. The van der Waals surface area contributed by atoms with Crippen LogP contribution in [0.2, 0.25) is 5.02 Å². The second-order valence-corrected chi connectivity index (χ2v) is 7.21. The number of rotatable bonds is 4. The molecule has 0 saturated heterocycles. The van der Waals surface area contributed by atoms with E-state index in [1.165, 1.54) is 11.3 Å². The Hall–Kier alpha value is -2.83. The van der Waals surface area contributed by atoms with Gasteiger partial charge in [0.05, 0.1) is 29.5 Å². The quantitative estimate of drug-likeness (QED) is 0.501. The number of carbonyl (C=O) groups excluding carboxylic acids is 1. The van der Waals surface area contributed by atoms with E-state index in [4.69, 9.17) is 21.1 Å². The van der Waals surface area contributed by atoms with E-state index >= 15 is 0 Å². The van der Waals surface area contributed by atoms with E-state index in [0.717, 1.165) is 15.5 Å². The third kappa shape index (κ3) is 3.18. The van der Waals surface area contributed by atoms with Crippen molar-refractivity contribution in [1.82, 2.24) is 4.98 Å². The van der Waals surface area contributed by atoms with Crippen molar-refractivity contribution in [3.8, 4) is 11.5 Å². The lowest BCUT2D eigenvalue weighted by atomic mass is 10.1. The molecule has 1 amide bonds. The van der Waals surface area contributed by atoms with Crippen LogP contribution in [-0.4, -0.2) is 25.1 Å². The zero-order valence-electron chi connectivity index (χ0n) is 14.6. The summed E-state index contributed by atoms with van der Waals surface area (Å²) in [5.41, 5.74) is 1.06. The SMILES string of the molecule is COc1cc2ccccc2cc1C(=O)Nc1nc2c(OC)ccc(Cl)c2s1. The Morgan fingerprint density at radius 3 is 2.44 bits per heavy atom. The number of fused-ring (bicyclic) bond motifs is 2. The summed E-state index contributed by atoms with van der Waals surface area (Å²) >= 11 is 7.55. The molecule has 3 aromatic carbocycles. The molecule has 0 aliphatic carbocycles. The average molecular weight is 399 g/mol. The van der Waals surface area contributed by atoms with E-state index < -0.39 is 0 Å². The Balaban J connectivity index is 1.73. The number of carbonyl (C=O) groups is 1. The van der Waals surface area contributed by atoms with E-state index in [9.17, 15) is 4.79 Å². The number of thiazole rings is 1. The van der Waals surface area contributed by atoms with Crippen molar-refractivity contribution < 1.29 is 14.3 Å². The first-order valence-corrected chi connectivity index (χ1v) is 9.31. The fourth-order valence-electron chi connectivity index (χ4n) is 2.90. The van der Waals surface area contributed by atoms with Crippen molar-refractivity contribution >= 4 is 55.0 Å². The van der Waals surface area contributed by atoms with Crippen molar-refractivity contribution in [1.29, 1.82) is 0 Å². The number of halogens is 1. The van der Waals surface area contributed by atoms with Crippen molar-refractivity contribution in [2.45, 2.75) is 0 Å². The van der Waals surface area contributed by atoms with E-state index in [-0.39, 0.29) is 5.91 Å². The summed E-state index contributed by atoms with van der Waals surface area (Å²) in [7, 11) is 3.11. The molecule has 27 heavy (non-hydrogen) atoms. The number of aromatic nitrogens is 1. The molecule has 136 valence electrons. The molecular formula is C20H15ClN2O3S. The van der Waals surface area contributed by atoms with Crippen LogP contribution in [0.1, 0.15) is 10.4 Å². The van der Waals surface area contributed by atoms with E-state index in [1.807, 2.05) is 36.4 Å². The molecule has 4 rings (SSSR count). The summed E-state index contributed by atoms with van der Waals surface area (Å²) < 4.78 is 11.5. The highest BCUT2D eigenvalue weighted by atomic mass is 35.5. The third-order valence-electron chi connectivity index (χ3n) is 4.21. The van der Waals surface area contributed by atoms with Crippen molar-refractivity contribution in [2.24, 2.45) is 0 Å². The van der Waals surface area contributed by atoms with Gasteiger partial charge in [-0.05, 0) is 35.0 Å². The molecule has 0 radical (unpaired) electrons. The lowest BCUT2D eigenvalue weighted by Crippen LogP contribution is -2.13. The summed E-state index contributed by atoms with van der Waals surface area (Å²) in [5.74, 6) is 0.809. The average Bonchev–Trinajstić information content (AvgIpc) is 3.11. The zero-order valence-corrected chi connectivity index (χ0v) is 16.1. The van der Waals surface area contributed by atoms with Crippen LogP contribution >= 0.6 is 22.9 Å². The molecular weight excluding hydrogens is 384 g/mol. The number of nitrogens with one attached hydrogen (secondary N) is 1. The highest BCUT2D eigenvalue weighted by Gasteiger charge is 2.18. The van der Waals surface area contributed by atoms with Crippen LogP contribution in [0.25, 0.3) is 21.0 Å². The first-order valence-electron chi connectivity index (χ1n) is 8.12. The number of hydrogen-bond donors (Lipinski definition) is 1. The Morgan fingerprint density at radius 2 is 1.74 bits per heavy atom. The van der Waals surface area contributed by atoms with Crippen molar-refractivity contribution in [2.75, 3.05) is 19.5 Å². The largest absolute Gasteiger partial charge is 0.496 e. The summed E-state index contributed by atoms with van der Waals surface area (Å²) in [6.45, 7) is 0. The fraction of sp³-hybridized carbons (Fsp3) is 0.100. The smallest absolute Gasteiger partial charge is 0.261 e. The zero-order chi connectivity index (χ0) is 19.0. The van der Waals surface area contributed by atoms with Crippen LogP contribution in [0.4, 0.5) is 5.13 Å². The van der Waals surface area contributed by atoms with Gasteiger partial charge in [-0.25, -0.2) is 4.98 Å². The maximum Gasteiger partial charge on any atom is 0.261 e. The van der Waals surface area contributed by atoms with Crippen LogP contribution in [0.15, 0.2) is 48.5 Å². The predicted octanol–water partition coefficient (Wildman–Crippen LogP) is 5.37. The summed E-state index contributed by atoms with van der Waals surface area (Å²) in [6, 6.07) is 15.0. The first kappa shape index (κ1) is 17.6. The van der Waals surface area contributed by atoms with E-state index in [0.29, 0.717) is 32.7 Å². The van der Waals surface area contributed by atoms with Crippen molar-refractivity contribution in [3.63, 3.8) is 0 Å². The minimum absolute atomic E-state index is 0.299. The number of methoxy groups -OCH3 is 2. The molecule has 0 bridgehead atoms. The van der Waals surface area contributed by atoms with Crippen LogP contribution in [0, 0.1) is 0 Å². The minimum atomic E-state index is -0.299. The Morgan fingerprint density at radius 1 is 1.04 bits per heavy atom. The Labute approximate surface area is 164 Å². The Bertz CT molecular complexity index is 1170. The molecule has 7 heteroatoms. The van der Waals surface area contributed by atoms with Crippen LogP contribution in [-0.2, 0) is 0 Å². The van der Waals surface area contributed by atoms with Gasteiger partial charge in [0.2, 0.25) is 0 Å². The highest BCUT2D eigenvalue weighted by Crippen LogP contribution is 2.37. The molecule has 0 fully saturated rings. The maximum absolute atomic E-state index is 12.9. The number of ether oxygens (including phenoxy) is 2. The second kappa shape index (κ2) is 7.06. The van der Waals surface area contributed by atoms with E-state index in [2.05, 4.69) is 10.3 Å². The molecule has 0 unspecified atom stereocenters. The third-order valence-corrected chi connectivity index (χ3v) is 5.64. The lowest BCUT2D eigenvalue weighted by Gasteiger charge is -2.10. The maximum atomic E-state index is 12.9. The molecule has 1 heterocycles. The van der Waals surface area contributed by atoms with Gasteiger partial charge >= 0.3 is 0 Å². The molecule has 4 aromatic rings. The number of nitrogens with zero attached hydrogens (tertiary/aromatic N) is 1. The number of amides is 1. The van der Waals surface area contributed by atoms with Gasteiger partial charge in [-0.1, -0.05) is 47.2 Å². The molecule has 0 aliphatic heterocycles. The monoisotopic (exact) mass is 398 g/mol. The normalized spacial score (nSPS) is 10.9. The second-order valence-electron chi connectivity index (χ2n) is 5.80. The molecule has 0 spiro atoms. The number of hydrogen-bond acceptors (Lipinski definition) is 5. The van der Waals surface area contributed by atoms with Gasteiger partial charge in [-0.3, -0.25) is 10.1 Å². The van der Waals surface area contributed by atoms with Crippen molar-refractivity contribution in [3.05, 3.63) is 59.1 Å². The van der Waals surface area contributed by atoms with Gasteiger partial charge in [0.25, 0.3) is 5.91 Å². The highest BCUT2D eigenvalue weighted by molar-refractivity contribution is 7.23.